The summed E-state index contributed by atoms with van der Waals surface area (Å²) in [6.07, 6.45) is 1.02. The molecule has 1 fully saturated rings. The van der Waals surface area contributed by atoms with Crippen molar-refractivity contribution in [3.8, 4) is 0 Å². The van der Waals surface area contributed by atoms with E-state index in [1.807, 2.05) is 30.3 Å². The quantitative estimate of drug-likeness (QED) is 0.700. The Hall–Kier alpha value is -1.64. The number of amides is 1. The molecule has 1 amide bonds. The molecule has 0 bridgehead atoms. The zero-order chi connectivity index (χ0) is 11.5. The number of rotatable bonds is 2. The van der Waals surface area contributed by atoms with Gasteiger partial charge in [-0.2, -0.15) is 0 Å². The van der Waals surface area contributed by atoms with Gasteiger partial charge in [0.15, 0.2) is 0 Å². The van der Waals surface area contributed by atoms with Gasteiger partial charge in [0, 0.05) is 20.0 Å². The van der Waals surface area contributed by atoms with Crippen molar-refractivity contribution >= 4 is 11.7 Å². The minimum absolute atomic E-state index is 0.0416. The van der Waals surface area contributed by atoms with E-state index in [4.69, 9.17) is 0 Å². The number of ketones is 1. The van der Waals surface area contributed by atoms with E-state index in [9.17, 15) is 9.59 Å². The fourth-order valence-electron chi connectivity index (χ4n) is 2.02. The molecule has 0 spiro atoms. The van der Waals surface area contributed by atoms with Crippen molar-refractivity contribution in [2.45, 2.75) is 12.8 Å². The predicted molar refractivity (Wildman–Crippen MR) is 60.9 cm³/mol. The largest absolute Gasteiger partial charge is 0.345 e. The van der Waals surface area contributed by atoms with Crippen LogP contribution < -0.4 is 0 Å². The Kier molecular flexibility index (Phi) is 3.04. The molecule has 16 heavy (non-hydrogen) atoms. The van der Waals surface area contributed by atoms with Crippen molar-refractivity contribution in [3.05, 3.63) is 35.9 Å². The summed E-state index contributed by atoms with van der Waals surface area (Å²) in [5, 5.41) is 0. The number of carbonyl (C=O) groups is 2. The second kappa shape index (κ2) is 4.47. The number of nitrogens with zero attached hydrogens (tertiary/aromatic N) is 1. The highest BCUT2D eigenvalue weighted by Gasteiger charge is 2.33. The number of carbonyl (C=O) groups excluding carboxylic acids is 2. The molecule has 1 aromatic carbocycles. The summed E-state index contributed by atoms with van der Waals surface area (Å²) in [6.45, 7) is 0.558. The first-order valence-corrected chi connectivity index (χ1v) is 5.50. The molecule has 0 saturated carbocycles. The van der Waals surface area contributed by atoms with Crippen molar-refractivity contribution in [2.75, 3.05) is 13.6 Å². The first-order valence-electron chi connectivity index (χ1n) is 5.50. The van der Waals surface area contributed by atoms with E-state index in [1.54, 1.807) is 11.9 Å². The fraction of sp³-hybridized carbons (Fsp3) is 0.385. The Balaban J connectivity index is 2.13. The van der Waals surface area contributed by atoms with Gasteiger partial charge in [-0.1, -0.05) is 30.3 Å². The number of hydrogen-bond donors (Lipinski definition) is 0. The molecule has 0 aromatic heterocycles. The van der Waals surface area contributed by atoms with Gasteiger partial charge in [0.1, 0.15) is 11.7 Å². The third-order valence-corrected chi connectivity index (χ3v) is 3.04. The zero-order valence-corrected chi connectivity index (χ0v) is 9.35. The second-order valence-electron chi connectivity index (χ2n) is 4.22. The van der Waals surface area contributed by atoms with Crippen LogP contribution in [-0.2, 0) is 16.0 Å². The van der Waals surface area contributed by atoms with E-state index in [0.29, 0.717) is 19.4 Å². The van der Waals surface area contributed by atoms with Gasteiger partial charge in [0.05, 0.1) is 0 Å². The molecule has 3 heteroatoms. The lowest BCUT2D eigenvalue weighted by molar-refractivity contribution is -0.144. The smallest absolute Gasteiger partial charge is 0.233 e. The van der Waals surface area contributed by atoms with Crippen molar-refractivity contribution < 1.29 is 9.59 Å². The topological polar surface area (TPSA) is 37.4 Å². The summed E-state index contributed by atoms with van der Waals surface area (Å²) in [4.78, 5) is 25.2. The van der Waals surface area contributed by atoms with Crippen LogP contribution in [0.3, 0.4) is 0 Å². The van der Waals surface area contributed by atoms with Crippen LogP contribution in [0.25, 0.3) is 0 Å². The molecular weight excluding hydrogens is 202 g/mol. The Morgan fingerprint density at radius 2 is 1.94 bits per heavy atom. The van der Waals surface area contributed by atoms with Gasteiger partial charge in [-0.25, -0.2) is 0 Å². The summed E-state index contributed by atoms with van der Waals surface area (Å²) < 4.78 is 0. The number of likely N-dealkylation sites (tertiary alicyclic amines) is 1. The molecule has 84 valence electrons. The molecule has 1 aliphatic heterocycles. The van der Waals surface area contributed by atoms with Crippen LogP contribution >= 0.6 is 0 Å². The molecule has 1 aliphatic rings. The van der Waals surface area contributed by atoms with Crippen LogP contribution in [0.5, 0.6) is 0 Å². The molecule has 0 N–H and O–H groups in total. The number of Topliss-reactive ketones (excluding diaryl/α,β-unsaturated/α-hetero) is 1. The van der Waals surface area contributed by atoms with Gasteiger partial charge in [-0.05, 0) is 12.0 Å². The zero-order valence-electron chi connectivity index (χ0n) is 9.35. The summed E-state index contributed by atoms with van der Waals surface area (Å²) in [6, 6.07) is 9.69. The maximum atomic E-state index is 11.8. The molecule has 1 atom stereocenters. The molecule has 1 heterocycles. The summed E-state index contributed by atoms with van der Waals surface area (Å²) in [5.74, 6) is -0.437. The third kappa shape index (κ3) is 2.13. The van der Waals surface area contributed by atoms with Crippen LogP contribution in [0, 0.1) is 5.92 Å². The number of hydrogen-bond acceptors (Lipinski definition) is 2. The average molecular weight is 217 g/mol. The standard InChI is InChI=1S/C13H15NO2/c1-14-8-7-12(15)11(13(14)16)9-10-5-3-2-4-6-10/h2-6,11H,7-9H2,1H3. The normalized spacial score (nSPS) is 21.3. The second-order valence-corrected chi connectivity index (χ2v) is 4.22. The SMILES string of the molecule is CN1CCC(=O)C(Cc2ccccc2)C1=O. The third-order valence-electron chi connectivity index (χ3n) is 3.04. The fourth-order valence-corrected chi connectivity index (χ4v) is 2.02. The van der Waals surface area contributed by atoms with Gasteiger partial charge in [-0.3, -0.25) is 9.59 Å². The van der Waals surface area contributed by atoms with Gasteiger partial charge >= 0.3 is 0 Å². The van der Waals surface area contributed by atoms with Crippen molar-refractivity contribution in [2.24, 2.45) is 5.92 Å². The molecule has 3 nitrogen and oxygen atoms in total. The Morgan fingerprint density at radius 1 is 1.25 bits per heavy atom. The molecule has 1 saturated heterocycles. The first kappa shape index (κ1) is 10.9. The van der Waals surface area contributed by atoms with E-state index >= 15 is 0 Å². The molecule has 0 radical (unpaired) electrons. The van der Waals surface area contributed by atoms with E-state index in [1.165, 1.54) is 0 Å². The summed E-state index contributed by atoms with van der Waals surface area (Å²) >= 11 is 0. The lowest BCUT2D eigenvalue weighted by Crippen LogP contribution is -2.44. The lowest BCUT2D eigenvalue weighted by Gasteiger charge is -2.28. The lowest BCUT2D eigenvalue weighted by atomic mass is 9.89. The first-order chi connectivity index (χ1) is 7.68. The van der Waals surface area contributed by atoms with Crippen LogP contribution in [0.15, 0.2) is 30.3 Å². The molecule has 0 aliphatic carbocycles. The molecule has 2 rings (SSSR count). The van der Waals surface area contributed by atoms with E-state index in [0.717, 1.165) is 5.56 Å². The highest BCUT2D eigenvalue weighted by molar-refractivity contribution is 6.03. The maximum absolute atomic E-state index is 11.8. The highest BCUT2D eigenvalue weighted by Crippen LogP contribution is 2.18. The molecule has 1 aromatic rings. The maximum Gasteiger partial charge on any atom is 0.233 e. The predicted octanol–water partition coefficient (Wildman–Crippen LogP) is 1.28. The molecular formula is C13H15NO2. The van der Waals surface area contributed by atoms with Crippen LogP contribution in [0.1, 0.15) is 12.0 Å². The average Bonchev–Trinajstić information content (AvgIpc) is 2.31. The summed E-state index contributed by atoms with van der Waals surface area (Å²) in [7, 11) is 1.76. The van der Waals surface area contributed by atoms with Crippen LogP contribution in [-0.4, -0.2) is 30.2 Å². The van der Waals surface area contributed by atoms with Gasteiger partial charge in [0.25, 0.3) is 0 Å². The Labute approximate surface area is 95.1 Å². The Morgan fingerprint density at radius 3 is 2.62 bits per heavy atom. The minimum atomic E-state index is -0.471. The number of piperidine rings is 1. The summed E-state index contributed by atoms with van der Waals surface area (Å²) in [5.41, 5.74) is 1.05. The van der Waals surface area contributed by atoms with Crippen molar-refractivity contribution in [1.82, 2.24) is 4.90 Å². The Bertz CT molecular complexity index is 400. The van der Waals surface area contributed by atoms with E-state index in [-0.39, 0.29) is 11.7 Å². The monoisotopic (exact) mass is 217 g/mol. The van der Waals surface area contributed by atoms with Crippen LogP contribution in [0.2, 0.25) is 0 Å². The number of benzene rings is 1. The van der Waals surface area contributed by atoms with Gasteiger partial charge in [0.2, 0.25) is 5.91 Å². The van der Waals surface area contributed by atoms with Crippen molar-refractivity contribution in [1.29, 1.82) is 0 Å². The van der Waals surface area contributed by atoms with Gasteiger partial charge < -0.3 is 4.90 Å². The van der Waals surface area contributed by atoms with Gasteiger partial charge in [-0.15, -0.1) is 0 Å². The minimum Gasteiger partial charge on any atom is -0.345 e. The highest BCUT2D eigenvalue weighted by atomic mass is 16.2. The van der Waals surface area contributed by atoms with Crippen LogP contribution in [0.4, 0.5) is 0 Å². The molecule has 1 unspecified atom stereocenters. The van der Waals surface area contributed by atoms with Crippen molar-refractivity contribution in [3.63, 3.8) is 0 Å². The van der Waals surface area contributed by atoms with E-state index < -0.39 is 5.92 Å². The van der Waals surface area contributed by atoms with E-state index in [2.05, 4.69) is 0 Å².